The molecule has 0 aromatic heterocycles. The molecule has 1 amide bonds. The fourth-order valence-corrected chi connectivity index (χ4v) is 3.68. The van der Waals surface area contributed by atoms with Gasteiger partial charge in [-0.05, 0) is 44.9 Å². The first-order valence-electron chi connectivity index (χ1n) is 10.6. The molecule has 1 fully saturated rings. The molecule has 1 atom stereocenters. The van der Waals surface area contributed by atoms with Crippen LogP contribution in [0.15, 0.2) is 60.2 Å². The highest BCUT2D eigenvalue weighted by Gasteiger charge is 2.45. The van der Waals surface area contributed by atoms with Crippen molar-refractivity contribution < 1.29 is 24.2 Å². The van der Waals surface area contributed by atoms with Gasteiger partial charge in [-0.15, -0.1) is 0 Å². The molecule has 0 radical (unpaired) electrons. The maximum atomic E-state index is 13.0. The number of nitrogens with zero attached hydrogens (tertiary/aromatic N) is 1. The lowest BCUT2D eigenvalue weighted by molar-refractivity contribution is -0.140. The highest BCUT2D eigenvalue weighted by Crippen LogP contribution is 2.39. The molecule has 0 bridgehead atoms. The number of Topliss-reactive ketones (excluding diaryl/α,β-unsaturated/α-hetero) is 1. The summed E-state index contributed by atoms with van der Waals surface area (Å²) in [5.41, 5.74) is 1.34. The Morgan fingerprint density at radius 1 is 1.06 bits per heavy atom. The number of likely N-dealkylation sites (tertiary alicyclic amines) is 1. The second kappa shape index (κ2) is 10.3. The van der Waals surface area contributed by atoms with Crippen molar-refractivity contribution in [3.63, 3.8) is 0 Å². The van der Waals surface area contributed by atoms with Crippen LogP contribution in [-0.4, -0.2) is 47.6 Å². The molecular weight excluding hydrogens is 394 g/mol. The number of rotatable bonds is 9. The molecule has 2 aromatic carbocycles. The van der Waals surface area contributed by atoms with Gasteiger partial charge >= 0.3 is 0 Å². The van der Waals surface area contributed by atoms with E-state index in [0.717, 1.165) is 5.56 Å². The van der Waals surface area contributed by atoms with Gasteiger partial charge in [-0.25, -0.2) is 0 Å². The van der Waals surface area contributed by atoms with Crippen LogP contribution in [0.1, 0.15) is 44.4 Å². The van der Waals surface area contributed by atoms with Gasteiger partial charge in [-0.2, -0.15) is 0 Å². The lowest BCUT2D eigenvalue weighted by atomic mass is 9.95. The first-order chi connectivity index (χ1) is 14.9. The van der Waals surface area contributed by atoms with Gasteiger partial charge in [0.05, 0.1) is 24.3 Å². The number of ketones is 1. The molecular formula is C25H29NO5. The maximum Gasteiger partial charge on any atom is 0.295 e. The van der Waals surface area contributed by atoms with Crippen molar-refractivity contribution in [2.24, 2.45) is 0 Å². The van der Waals surface area contributed by atoms with E-state index in [1.54, 1.807) is 24.3 Å². The summed E-state index contributed by atoms with van der Waals surface area (Å²) >= 11 is 0. The highest BCUT2D eigenvalue weighted by molar-refractivity contribution is 6.46. The summed E-state index contributed by atoms with van der Waals surface area (Å²) in [5.74, 6) is -0.749. The van der Waals surface area contributed by atoms with Gasteiger partial charge < -0.3 is 19.5 Å². The summed E-state index contributed by atoms with van der Waals surface area (Å²) in [6.45, 7) is 7.18. The first-order valence-corrected chi connectivity index (χ1v) is 10.6. The summed E-state index contributed by atoms with van der Waals surface area (Å²) in [6.07, 6.45) is 0.680. The van der Waals surface area contributed by atoms with Crippen LogP contribution in [0.4, 0.5) is 0 Å². The largest absolute Gasteiger partial charge is 0.507 e. The quantitative estimate of drug-likeness (QED) is 0.281. The zero-order valence-electron chi connectivity index (χ0n) is 18.2. The van der Waals surface area contributed by atoms with Crippen LogP contribution in [0.5, 0.6) is 5.75 Å². The van der Waals surface area contributed by atoms with Crippen LogP contribution < -0.4 is 4.74 Å². The Bertz CT molecular complexity index is 934. The van der Waals surface area contributed by atoms with Gasteiger partial charge in [-0.3, -0.25) is 9.59 Å². The second-order valence-corrected chi connectivity index (χ2v) is 7.63. The lowest BCUT2D eigenvalue weighted by Crippen LogP contribution is -2.31. The SMILES string of the molecule is CCOc1ccc([C@H]2C(=C(O)c3ccccc3)C(=O)C(=O)N2CCCOC(C)C)cc1. The summed E-state index contributed by atoms with van der Waals surface area (Å²) < 4.78 is 11.1. The minimum Gasteiger partial charge on any atom is -0.507 e. The van der Waals surface area contributed by atoms with Crippen molar-refractivity contribution in [3.8, 4) is 5.75 Å². The fourth-order valence-electron chi connectivity index (χ4n) is 3.68. The normalized spacial score (nSPS) is 18.1. The number of aliphatic hydroxyl groups is 1. The van der Waals surface area contributed by atoms with Crippen LogP contribution in [0, 0.1) is 0 Å². The van der Waals surface area contributed by atoms with Gasteiger partial charge in [0.15, 0.2) is 0 Å². The molecule has 0 unspecified atom stereocenters. The predicted molar refractivity (Wildman–Crippen MR) is 119 cm³/mol. The molecule has 0 saturated carbocycles. The zero-order chi connectivity index (χ0) is 22.4. The second-order valence-electron chi connectivity index (χ2n) is 7.63. The number of ether oxygens (including phenoxy) is 2. The molecule has 1 N–H and O–H groups in total. The number of aliphatic hydroxyl groups excluding tert-OH is 1. The van der Waals surface area contributed by atoms with E-state index in [1.807, 2.05) is 51.1 Å². The summed E-state index contributed by atoms with van der Waals surface area (Å²) in [4.78, 5) is 27.4. The van der Waals surface area contributed by atoms with Gasteiger partial charge in [0.25, 0.3) is 11.7 Å². The van der Waals surface area contributed by atoms with E-state index in [9.17, 15) is 14.7 Å². The monoisotopic (exact) mass is 423 g/mol. The van der Waals surface area contributed by atoms with E-state index in [1.165, 1.54) is 4.90 Å². The fraction of sp³-hybridized carbons (Fsp3) is 0.360. The van der Waals surface area contributed by atoms with E-state index in [2.05, 4.69) is 0 Å². The van der Waals surface area contributed by atoms with E-state index in [-0.39, 0.29) is 17.4 Å². The number of carbonyl (C=O) groups is 2. The Kier molecular flexibility index (Phi) is 7.47. The van der Waals surface area contributed by atoms with E-state index in [4.69, 9.17) is 9.47 Å². The minimum absolute atomic E-state index is 0.0930. The maximum absolute atomic E-state index is 13.0. The highest BCUT2D eigenvalue weighted by atomic mass is 16.5. The Balaban J connectivity index is 1.99. The summed E-state index contributed by atoms with van der Waals surface area (Å²) in [5, 5.41) is 11.0. The third-order valence-corrected chi connectivity index (χ3v) is 5.09. The average Bonchev–Trinajstić information content (AvgIpc) is 3.02. The van der Waals surface area contributed by atoms with Crippen LogP contribution in [-0.2, 0) is 14.3 Å². The molecule has 164 valence electrons. The number of hydrogen-bond donors (Lipinski definition) is 1. The zero-order valence-corrected chi connectivity index (χ0v) is 18.2. The van der Waals surface area contributed by atoms with Crippen molar-refractivity contribution in [1.82, 2.24) is 4.90 Å². The smallest absolute Gasteiger partial charge is 0.295 e. The molecule has 1 heterocycles. The van der Waals surface area contributed by atoms with E-state index >= 15 is 0 Å². The number of carbonyl (C=O) groups excluding carboxylic acids is 2. The van der Waals surface area contributed by atoms with Gasteiger partial charge in [0.2, 0.25) is 0 Å². The molecule has 6 heteroatoms. The van der Waals surface area contributed by atoms with E-state index in [0.29, 0.717) is 37.5 Å². The summed E-state index contributed by atoms with van der Waals surface area (Å²) in [7, 11) is 0. The minimum atomic E-state index is -0.676. The van der Waals surface area contributed by atoms with Gasteiger partial charge in [0.1, 0.15) is 11.5 Å². The molecule has 1 aliphatic rings. The van der Waals surface area contributed by atoms with Crippen molar-refractivity contribution in [1.29, 1.82) is 0 Å². The van der Waals surface area contributed by atoms with Crippen molar-refractivity contribution in [3.05, 3.63) is 71.3 Å². The van der Waals surface area contributed by atoms with Crippen LogP contribution in [0.2, 0.25) is 0 Å². The first kappa shape index (κ1) is 22.6. The van der Waals surface area contributed by atoms with Crippen LogP contribution in [0.25, 0.3) is 5.76 Å². The van der Waals surface area contributed by atoms with Crippen molar-refractivity contribution in [2.75, 3.05) is 19.8 Å². The van der Waals surface area contributed by atoms with Crippen LogP contribution in [0.3, 0.4) is 0 Å². The van der Waals surface area contributed by atoms with E-state index < -0.39 is 17.7 Å². The molecule has 31 heavy (non-hydrogen) atoms. The average molecular weight is 424 g/mol. The molecule has 1 aliphatic heterocycles. The number of benzene rings is 2. The van der Waals surface area contributed by atoms with Crippen molar-refractivity contribution >= 4 is 17.4 Å². The summed E-state index contributed by atoms with van der Waals surface area (Å²) in [6, 6.07) is 15.4. The van der Waals surface area contributed by atoms with Crippen molar-refractivity contribution in [2.45, 2.75) is 39.3 Å². The van der Waals surface area contributed by atoms with Gasteiger partial charge in [0, 0.05) is 18.7 Å². The predicted octanol–water partition coefficient (Wildman–Crippen LogP) is 4.32. The Morgan fingerprint density at radius 2 is 1.74 bits per heavy atom. The molecule has 1 saturated heterocycles. The van der Waals surface area contributed by atoms with Crippen LogP contribution >= 0.6 is 0 Å². The molecule has 0 aliphatic carbocycles. The molecule has 2 aromatic rings. The molecule has 0 spiro atoms. The standard InChI is InChI=1S/C25H29NO5/c1-4-30-20-13-11-18(12-14-20)22-21(23(27)19-9-6-5-7-10-19)24(28)25(29)26(22)15-8-16-31-17(2)3/h5-7,9-14,17,22,27H,4,8,15-16H2,1-3H3/t22-/m0/s1. The third kappa shape index (κ3) is 5.14. The number of hydrogen-bond acceptors (Lipinski definition) is 5. The van der Waals surface area contributed by atoms with Gasteiger partial charge in [-0.1, -0.05) is 42.5 Å². The Hall–Kier alpha value is -3.12. The number of amides is 1. The topological polar surface area (TPSA) is 76.1 Å². The molecule has 3 rings (SSSR count). The lowest BCUT2D eigenvalue weighted by Gasteiger charge is -2.25. The third-order valence-electron chi connectivity index (χ3n) is 5.09. The Morgan fingerprint density at radius 3 is 2.35 bits per heavy atom. The Labute approximate surface area is 183 Å². The molecule has 6 nitrogen and oxygen atoms in total.